The van der Waals surface area contributed by atoms with Crippen molar-refractivity contribution in [3.05, 3.63) is 0 Å². The minimum atomic E-state index is -1.05. The third-order valence-corrected chi connectivity index (χ3v) is 4.09. The summed E-state index contributed by atoms with van der Waals surface area (Å²) in [5.41, 5.74) is 10.7. The first-order chi connectivity index (χ1) is 11.1. The Balaban J connectivity index is 2.76. The molecule has 0 aromatic rings. The number of aliphatic carboxylic acids is 1. The van der Waals surface area contributed by atoms with Crippen molar-refractivity contribution in [1.29, 1.82) is 0 Å². The van der Waals surface area contributed by atoms with Gasteiger partial charge in [-0.05, 0) is 25.2 Å². The predicted octanol–water partition coefficient (Wildman–Crippen LogP) is -1.20. The van der Waals surface area contributed by atoms with Crippen LogP contribution in [-0.2, 0) is 19.2 Å². The van der Waals surface area contributed by atoms with Gasteiger partial charge in [0.1, 0.15) is 12.1 Å². The van der Waals surface area contributed by atoms with Gasteiger partial charge in [-0.15, -0.1) is 0 Å². The van der Waals surface area contributed by atoms with E-state index >= 15 is 0 Å². The van der Waals surface area contributed by atoms with E-state index in [1.807, 2.05) is 0 Å². The number of carbonyl (C=O) groups excluding carboxylic acids is 3. The average Bonchev–Trinajstić information content (AvgIpc) is 2.98. The van der Waals surface area contributed by atoms with Crippen molar-refractivity contribution in [2.24, 2.45) is 17.4 Å². The van der Waals surface area contributed by atoms with Gasteiger partial charge in [0.2, 0.25) is 17.7 Å². The summed E-state index contributed by atoms with van der Waals surface area (Å²) >= 11 is 0. The molecule has 1 saturated heterocycles. The molecule has 0 spiro atoms. The first-order valence-corrected chi connectivity index (χ1v) is 8.02. The summed E-state index contributed by atoms with van der Waals surface area (Å²) in [4.78, 5) is 48.1. The number of nitrogens with one attached hydrogen (secondary N) is 1. The first kappa shape index (κ1) is 19.9. The van der Waals surface area contributed by atoms with E-state index in [9.17, 15) is 24.3 Å². The van der Waals surface area contributed by atoms with Gasteiger partial charge in [0.15, 0.2) is 0 Å². The number of hydrogen-bond donors (Lipinski definition) is 4. The molecular weight excluding hydrogens is 316 g/mol. The molecule has 3 amide bonds. The van der Waals surface area contributed by atoms with E-state index in [1.54, 1.807) is 13.8 Å². The van der Waals surface area contributed by atoms with Crippen LogP contribution in [0.1, 0.15) is 39.5 Å². The van der Waals surface area contributed by atoms with Crippen molar-refractivity contribution in [2.45, 2.75) is 57.7 Å². The van der Waals surface area contributed by atoms with Gasteiger partial charge in [-0.1, -0.05) is 13.8 Å². The van der Waals surface area contributed by atoms with E-state index in [4.69, 9.17) is 11.5 Å². The highest BCUT2D eigenvalue weighted by atomic mass is 16.4. The fourth-order valence-electron chi connectivity index (χ4n) is 2.67. The molecule has 0 aromatic carbocycles. The molecule has 0 radical (unpaired) electrons. The number of rotatable bonds is 8. The van der Waals surface area contributed by atoms with E-state index in [-0.39, 0.29) is 18.8 Å². The molecule has 9 heteroatoms. The largest absolute Gasteiger partial charge is 0.480 e. The van der Waals surface area contributed by atoms with Crippen molar-refractivity contribution >= 4 is 23.7 Å². The van der Waals surface area contributed by atoms with Crippen LogP contribution in [0.3, 0.4) is 0 Å². The monoisotopic (exact) mass is 342 g/mol. The van der Waals surface area contributed by atoms with Gasteiger partial charge in [-0.25, -0.2) is 4.79 Å². The van der Waals surface area contributed by atoms with Crippen molar-refractivity contribution < 1.29 is 24.3 Å². The Hall–Kier alpha value is -2.16. The Labute approximate surface area is 140 Å². The van der Waals surface area contributed by atoms with Crippen LogP contribution in [0.4, 0.5) is 0 Å². The molecule has 0 aromatic heterocycles. The first-order valence-electron chi connectivity index (χ1n) is 8.02. The lowest BCUT2D eigenvalue weighted by atomic mass is 10.0. The molecule has 6 N–H and O–H groups in total. The van der Waals surface area contributed by atoms with E-state index in [1.165, 1.54) is 4.90 Å². The second kappa shape index (κ2) is 8.62. The third kappa shape index (κ3) is 5.19. The second-order valence-electron chi connectivity index (χ2n) is 6.37. The van der Waals surface area contributed by atoms with Gasteiger partial charge in [0, 0.05) is 13.0 Å². The number of likely N-dealkylation sites (tertiary alicyclic amines) is 1. The maximum absolute atomic E-state index is 12.7. The van der Waals surface area contributed by atoms with Crippen LogP contribution in [0.25, 0.3) is 0 Å². The molecule has 0 bridgehead atoms. The zero-order valence-corrected chi connectivity index (χ0v) is 14.0. The molecule has 3 atom stereocenters. The molecule has 136 valence electrons. The van der Waals surface area contributed by atoms with E-state index in [0.717, 1.165) is 0 Å². The topological polar surface area (TPSA) is 156 Å². The minimum absolute atomic E-state index is 0.0257. The Morgan fingerprint density at radius 3 is 2.42 bits per heavy atom. The molecule has 0 aliphatic carbocycles. The second-order valence-corrected chi connectivity index (χ2v) is 6.37. The molecule has 1 aliphatic heterocycles. The lowest BCUT2D eigenvalue weighted by Crippen LogP contribution is -2.56. The molecule has 1 rings (SSSR count). The Morgan fingerprint density at radius 2 is 1.92 bits per heavy atom. The summed E-state index contributed by atoms with van der Waals surface area (Å²) in [7, 11) is 0. The SMILES string of the molecule is CC(C)C(NC(=O)C(N)CCC(N)=O)C(=O)N1CCCC1C(=O)O. The summed E-state index contributed by atoms with van der Waals surface area (Å²) in [6, 6.07) is -2.68. The van der Waals surface area contributed by atoms with E-state index in [0.29, 0.717) is 19.4 Å². The molecule has 1 heterocycles. The number of amides is 3. The van der Waals surface area contributed by atoms with Crippen LogP contribution < -0.4 is 16.8 Å². The smallest absolute Gasteiger partial charge is 0.326 e. The van der Waals surface area contributed by atoms with E-state index in [2.05, 4.69) is 5.32 Å². The van der Waals surface area contributed by atoms with Crippen LogP contribution in [0.2, 0.25) is 0 Å². The van der Waals surface area contributed by atoms with Crippen LogP contribution in [0.5, 0.6) is 0 Å². The highest BCUT2D eigenvalue weighted by Crippen LogP contribution is 2.20. The van der Waals surface area contributed by atoms with Crippen molar-refractivity contribution in [3.8, 4) is 0 Å². The van der Waals surface area contributed by atoms with Gasteiger partial charge < -0.3 is 26.8 Å². The fraction of sp³-hybridized carbons (Fsp3) is 0.733. The number of carbonyl (C=O) groups is 4. The van der Waals surface area contributed by atoms with Gasteiger partial charge in [-0.2, -0.15) is 0 Å². The van der Waals surface area contributed by atoms with Crippen LogP contribution in [-0.4, -0.2) is 58.4 Å². The van der Waals surface area contributed by atoms with Gasteiger partial charge in [0.25, 0.3) is 0 Å². The number of carboxylic acid groups (broad SMARTS) is 1. The zero-order chi connectivity index (χ0) is 18.4. The highest BCUT2D eigenvalue weighted by Gasteiger charge is 2.38. The highest BCUT2D eigenvalue weighted by molar-refractivity contribution is 5.92. The number of nitrogens with zero attached hydrogens (tertiary/aromatic N) is 1. The Bertz CT molecular complexity index is 508. The maximum Gasteiger partial charge on any atom is 0.326 e. The predicted molar refractivity (Wildman–Crippen MR) is 85.5 cm³/mol. The molecule has 24 heavy (non-hydrogen) atoms. The standard InChI is InChI=1S/C15H26N4O5/c1-8(2)12(18-13(21)9(16)5-6-11(17)20)14(22)19-7-3-4-10(19)15(23)24/h8-10,12H,3-7,16H2,1-2H3,(H2,17,20)(H,18,21)(H,23,24). The van der Waals surface area contributed by atoms with Gasteiger partial charge >= 0.3 is 5.97 Å². The number of carboxylic acids is 1. The normalized spacial score (nSPS) is 19.8. The minimum Gasteiger partial charge on any atom is -0.480 e. The number of nitrogens with two attached hydrogens (primary N) is 2. The number of primary amides is 1. The molecular formula is C15H26N4O5. The van der Waals surface area contributed by atoms with Crippen LogP contribution >= 0.6 is 0 Å². The Kier molecular flexibility index (Phi) is 7.15. The van der Waals surface area contributed by atoms with E-state index < -0.39 is 41.8 Å². The third-order valence-electron chi connectivity index (χ3n) is 4.09. The maximum atomic E-state index is 12.7. The lowest BCUT2D eigenvalue weighted by Gasteiger charge is -2.30. The van der Waals surface area contributed by atoms with Crippen LogP contribution in [0.15, 0.2) is 0 Å². The zero-order valence-electron chi connectivity index (χ0n) is 14.0. The van der Waals surface area contributed by atoms with Gasteiger partial charge in [-0.3, -0.25) is 14.4 Å². The quantitative estimate of drug-likeness (QED) is 0.434. The summed E-state index contributed by atoms with van der Waals surface area (Å²) < 4.78 is 0. The van der Waals surface area contributed by atoms with Crippen molar-refractivity contribution in [1.82, 2.24) is 10.2 Å². The number of hydrogen-bond acceptors (Lipinski definition) is 5. The summed E-state index contributed by atoms with van der Waals surface area (Å²) in [6.45, 7) is 3.86. The average molecular weight is 342 g/mol. The molecule has 3 unspecified atom stereocenters. The fourth-order valence-corrected chi connectivity index (χ4v) is 2.67. The lowest BCUT2D eigenvalue weighted by molar-refractivity contribution is -0.150. The Morgan fingerprint density at radius 1 is 1.29 bits per heavy atom. The summed E-state index contributed by atoms with van der Waals surface area (Å²) in [5, 5.41) is 11.8. The molecule has 1 aliphatic rings. The van der Waals surface area contributed by atoms with Gasteiger partial charge in [0.05, 0.1) is 6.04 Å². The molecule has 0 saturated carbocycles. The summed E-state index contributed by atoms with van der Waals surface area (Å²) in [6.07, 6.45) is 1.07. The molecule has 1 fully saturated rings. The van der Waals surface area contributed by atoms with Crippen molar-refractivity contribution in [3.63, 3.8) is 0 Å². The molecule has 9 nitrogen and oxygen atoms in total. The summed E-state index contributed by atoms with van der Waals surface area (Å²) in [5.74, 6) is -2.83. The van der Waals surface area contributed by atoms with Crippen molar-refractivity contribution in [2.75, 3.05) is 6.54 Å². The van der Waals surface area contributed by atoms with Crippen LogP contribution in [0, 0.1) is 5.92 Å².